The van der Waals surface area contributed by atoms with Crippen molar-refractivity contribution in [1.82, 2.24) is 10.3 Å². The molecule has 7 heteroatoms. The smallest absolute Gasteiger partial charge is 0.272 e. The van der Waals surface area contributed by atoms with E-state index < -0.39 is 23.6 Å². The number of benzene rings is 1. The summed E-state index contributed by atoms with van der Waals surface area (Å²) in [6.45, 7) is -0.204. The minimum absolute atomic E-state index is 0.0544. The van der Waals surface area contributed by atoms with Gasteiger partial charge in [-0.1, -0.05) is 0 Å². The van der Waals surface area contributed by atoms with E-state index in [9.17, 15) is 18.4 Å². The van der Waals surface area contributed by atoms with Gasteiger partial charge < -0.3 is 0 Å². The van der Waals surface area contributed by atoms with Gasteiger partial charge in [-0.15, -0.1) is 0 Å². The molecule has 1 aromatic carbocycles. The molecule has 0 aromatic heterocycles. The van der Waals surface area contributed by atoms with Crippen molar-refractivity contribution in [1.29, 1.82) is 0 Å². The molecule has 0 radical (unpaired) electrons. The number of amides is 3. The number of nitrogens with zero attached hydrogens (tertiary/aromatic N) is 2. The third kappa shape index (κ3) is 2.03. The van der Waals surface area contributed by atoms with E-state index in [1.165, 1.54) is 7.05 Å². The molecular formula is C10H9F2N3O2. The Kier molecular flexibility index (Phi) is 2.66. The molecule has 0 atom stereocenters. The lowest BCUT2D eigenvalue weighted by Crippen LogP contribution is -2.59. The van der Waals surface area contributed by atoms with Gasteiger partial charge in [0.05, 0.1) is 5.69 Å². The monoisotopic (exact) mass is 241 g/mol. The lowest BCUT2D eigenvalue weighted by molar-refractivity contribution is -0.126. The first kappa shape index (κ1) is 11.3. The summed E-state index contributed by atoms with van der Waals surface area (Å²) in [5.74, 6) is -2.04. The number of hydrazine groups is 1. The van der Waals surface area contributed by atoms with Crippen LogP contribution in [-0.4, -0.2) is 30.4 Å². The fourth-order valence-corrected chi connectivity index (χ4v) is 1.43. The molecule has 0 unspecified atom stereocenters. The Morgan fingerprint density at radius 1 is 1.29 bits per heavy atom. The van der Waals surface area contributed by atoms with Crippen molar-refractivity contribution in [3.05, 3.63) is 29.8 Å². The summed E-state index contributed by atoms with van der Waals surface area (Å²) in [6, 6.07) is 2.23. The van der Waals surface area contributed by atoms with Gasteiger partial charge in [-0.05, 0) is 12.1 Å². The first-order valence-electron chi connectivity index (χ1n) is 4.79. The molecule has 3 amide bonds. The van der Waals surface area contributed by atoms with E-state index in [-0.39, 0.29) is 12.2 Å². The molecule has 0 bridgehead atoms. The first-order chi connectivity index (χ1) is 7.99. The van der Waals surface area contributed by atoms with E-state index in [0.29, 0.717) is 6.07 Å². The lowest BCUT2D eigenvalue weighted by Gasteiger charge is -2.32. The Morgan fingerprint density at radius 3 is 2.59 bits per heavy atom. The highest BCUT2D eigenvalue weighted by Gasteiger charge is 2.29. The molecule has 5 nitrogen and oxygen atoms in total. The normalized spacial score (nSPS) is 16.2. The number of carbonyl (C=O) groups is 2. The van der Waals surface area contributed by atoms with Gasteiger partial charge in [-0.3, -0.25) is 14.7 Å². The van der Waals surface area contributed by atoms with Crippen molar-refractivity contribution in [3.63, 3.8) is 0 Å². The Balaban J connectivity index is 2.29. The fourth-order valence-electron chi connectivity index (χ4n) is 1.43. The van der Waals surface area contributed by atoms with Crippen LogP contribution in [0.15, 0.2) is 18.2 Å². The molecule has 1 aliphatic heterocycles. The number of nitrogens with one attached hydrogen (secondary N) is 1. The van der Waals surface area contributed by atoms with Crippen LogP contribution in [-0.2, 0) is 4.79 Å². The van der Waals surface area contributed by atoms with E-state index >= 15 is 0 Å². The molecule has 1 aromatic rings. The summed E-state index contributed by atoms with van der Waals surface area (Å²) >= 11 is 0. The van der Waals surface area contributed by atoms with Crippen LogP contribution in [0.1, 0.15) is 0 Å². The quantitative estimate of drug-likeness (QED) is 0.793. The molecule has 0 saturated carbocycles. The molecule has 1 aliphatic rings. The summed E-state index contributed by atoms with van der Waals surface area (Å²) in [5, 5.41) is 1.04. The van der Waals surface area contributed by atoms with Gasteiger partial charge in [0.1, 0.15) is 12.4 Å². The zero-order valence-corrected chi connectivity index (χ0v) is 8.91. The van der Waals surface area contributed by atoms with E-state index in [1.54, 1.807) is 0 Å². The minimum Gasteiger partial charge on any atom is -0.272 e. The topological polar surface area (TPSA) is 52.7 Å². The average molecular weight is 241 g/mol. The molecule has 1 saturated heterocycles. The highest BCUT2D eigenvalue weighted by Crippen LogP contribution is 2.20. The fraction of sp³-hybridized carbons (Fsp3) is 0.200. The van der Waals surface area contributed by atoms with Crippen LogP contribution >= 0.6 is 0 Å². The van der Waals surface area contributed by atoms with Gasteiger partial charge in [0.25, 0.3) is 5.91 Å². The molecule has 0 spiro atoms. The number of rotatable bonds is 1. The maximum absolute atomic E-state index is 13.4. The Morgan fingerprint density at radius 2 is 2.00 bits per heavy atom. The summed E-state index contributed by atoms with van der Waals surface area (Å²) in [5.41, 5.74) is 2.26. The molecule has 0 aliphatic carbocycles. The van der Waals surface area contributed by atoms with Gasteiger partial charge in [-0.2, -0.15) is 0 Å². The predicted molar refractivity (Wildman–Crippen MR) is 55.0 cm³/mol. The van der Waals surface area contributed by atoms with Gasteiger partial charge in [-0.25, -0.2) is 19.0 Å². The van der Waals surface area contributed by atoms with E-state index in [4.69, 9.17) is 0 Å². The number of anilines is 1. The van der Waals surface area contributed by atoms with Crippen LogP contribution < -0.4 is 10.4 Å². The van der Waals surface area contributed by atoms with Crippen molar-refractivity contribution in [2.45, 2.75) is 0 Å². The van der Waals surface area contributed by atoms with Crippen molar-refractivity contribution >= 4 is 17.6 Å². The second kappa shape index (κ2) is 4.00. The molecule has 1 N–H and O–H groups in total. The number of hydrogen-bond donors (Lipinski definition) is 1. The summed E-state index contributed by atoms with van der Waals surface area (Å²) in [4.78, 5) is 23.6. The zero-order chi connectivity index (χ0) is 12.6. The van der Waals surface area contributed by atoms with Crippen molar-refractivity contribution < 1.29 is 18.4 Å². The maximum Gasteiger partial charge on any atom is 0.342 e. The molecule has 90 valence electrons. The largest absolute Gasteiger partial charge is 0.342 e. The third-order valence-electron chi connectivity index (χ3n) is 2.40. The van der Waals surface area contributed by atoms with E-state index in [0.717, 1.165) is 22.0 Å². The Bertz CT molecular complexity index is 474. The number of urea groups is 1. The zero-order valence-electron chi connectivity index (χ0n) is 8.91. The van der Waals surface area contributed by atoms with Crippen LogP contribution in [0.25, 0.3) is 0 Å². The predicted octanol–water partition coefficient (Wildman–Crippen LogP) is 0.868. The van der Waals surface area contributed by atoms with Crippen LogP contribution in [0, 0.1) is 11.6 Å². The molecule has 2 rings (SSSR count). The molecule has 1 fully saturated rings. The Labute approximate surface area is 95.6 Å². The highest BCUT2D eigenvalue weighted by molar-refractivity contribution is 5.99. The van der Waals surface area contributed by atoms with Crippen LogP contribution in [0.3, 0.4) is 0 Å². The van der Waals surface area contributed by atoms with Gasteiger partial charge in [0.2, 0.25) is 0 Å². The molecular weight excluding hydrogens is 232 g/mol. The number of hydrogen-bond acceptors (Lipinski definition) is 3. The van der Waals surface area contributed by atoms with Gasteiger partial charge >= 0.3 is 6.03 Å². The van der Waals surface area contributed by atoms with Crippen molar-refractivity contribution in [3.8, 4) is 0 Å². The maximum atomic E-state index is 13.4. The summed E-state index contributed by atoms with van der Waals surface area (Å²) in [6.07, 6.45) is 0. The lowest BCUT2D eigenvalue weighted by atomic mass is 10.2. The number of likely N-dealkylation sites (N-methyl/N-ethyl adjacent to an activating group) is 1. The van der Waals surface area contributed by atoms with Crippen LogP contribution in [0.4, 0.5) is 19.3 Å². The third-order valence-corrected chi connectivity index (χ3v) is 2.40. The molecule has 1 heterocycles. The summed E-state index contributed by atoms with van der Waals surface area (Å²) < 4.78 is 26.1. The van der Waals surface area contributed by atoms with E-state index in [1.807, 2.05) is 0 Å². The average Bonchev–Trinajstić information content (AvgIpc) is 2.25. The van der Waals surface area contributed by atoms with Gasteiger partial charge in [0, 0.05) is 13.1 Å². The van der Waals surface area contributed by atoms with Crippen LogP contribution in [0.2, 0.25) is 0 Å². The minimum atomic E-state index is -0.845. The highest BCUT2D eigenvalue weighted by atomic mass is 19.1. The number of imide groups is 1. The molecule has 17 heavy (non-hydrogen) atoms. The SMILES string of the molecule is CN1C(=O)CN(c2ccc(F)cc2F)NC1=O. The van der Waals surface area contributed by atoms with Crippen molar-refractivity contribution in [2.75, 3.05) is 18.6 Å². The Hall–Kier alpha value is -2.18. The number of halogens is 2. The standard InChI is InChI=1S/C10H9F2N3O2/c1-14-9(16)5-15(13-10(14)17)8-3-2-6(11)4-7(8)12/h2-4H,5H2,1H3,(H,13,17). The van der Waals surface area contributed by atoms with Gasteiger partial charge in [0.15, 0.2) is 5.82 Å². The second-order valence-electron chi connectivity index (χ2n) is 3.55. The van der Waals surface area contributed by atoms with E-state index in [2.05, 4.69) is 5.43 Å². The number of carbonyl (C=O) groups excluding carboxylic acids is 2. The first-order valence-corrected chi connectivity index (χ1v) is 4.79. The second-order valence-corrected chi connectivity index (χ2v) is 3.55. The summed E-state index contributed by atoms with van der Waals surface area (Å²) in [7, 11) is 1.32. The van der Waals surface area contributed by atoms with Crippen molar-refractivity contribution in [2.24, 2.45) is 0 Å². The van der Waals surface area contributed by atoms with Crippen LogP contribution in [0.5, 0.6) is 0 Å².